The van der Waals surface area contributed by atoms with E-state index in [1.807, 2.05) is 13.8 Å². The van der Waals surface area contributed by atoms with E-state index in [0.717, 1.165) is 25.0 Å². The second kappa shape index (κ2) is 6.33. The predicted octanol–water partition coefficient (Wildman–Crippen LogP) is 2.81. The van der Waals surface area contributed by atoms with Crippen LogP contribution in [0.25, 0.3) is 0 Å². The number of amides is 1. The maximum Gasteiger partial charge on any atom is 0.257 e. The molecule has 0 aliphatic heterocycles. The highest BCUT2D eigenvalue weighted by Crippen LogP contribution is 2.19. The molecule has 1 aromatic carbocycles. The van der Waals surface area contributed by atoms with Crippen molar-refractivity contribution in [3.63, 3.8) is 0 Å². The molecule has 0 saturated carbocycles. The Labute approximate surface area is 106 Å². The van der Waals surface area contributed by atoms with Crippen LogP contribution in [-0.4, -0.2) is 23.9 Å². The fourth-order valence-electron chi connectivity index (χ4n) is 1.79. The normalized spacial score (nSPS) is 10.4. The average molecular weight is 256 g/mol. The second-order valence-corrected chi connectivity index (χ2v) is 4.15. The molecule has 0 fully saturated rings. The van der Waals surface area contributed by atoms with Gasteiger partial charge in [-0.3, -0.25) is 4.79 Å². The lowest BCUT2D eigenvalue weighted by Crippen LogP contribution is -2.33. The minimum absolute atomic E-state index is 0.297. The molecule has 5 heteroatoms. The quantitative estimate of drug-likeness (QED) is 0.823. The zero-order valence-corrected chi connectivity index (χ0v) is 10.7. The van der Waals surface area contributed by atoms with Crippen molar-refractivity contribution in [2.45, 2.75) is 26.7 Å². The van der Waals surface area contributed by atoms with Gasteiger partial charge in [-0.1, -0.05) is 13.8 Å². The molecule has 0 saturated heterocycles. The summed E-state index contributed by atoms with van der Waals surface area (Å²) in [5.41, 5.74) is 4.68. The summed E-state index contributed by atoms with van der Waals surface area (Å²) in [4.78, 5) is 13.6. The van der Waals surface area contributed by atoms with Crippen molar-refractivity contribution in [1.29, 1.82) is 0 Å². The number of carbonyl (C=O) groups is 1. The van der Waals surface area contributed by atoms with Gasteiger partial charge in [-0.2, -0.15) is 0 Å². The van der Waals surface area contributed by atoms with Crippen molar-refractivity contribution in [3.8, 4) is 0 Å². The number of nitrogens with two attached hydrogens (primary N) is 1. The van der Waals surface area contributed by atoms with Crippen LogP contribution in [0.3, 0.4) is 0 Å². The van der Waals surface area contributed by atoms with Gasteiger partial charge in [0.05, 0.1) is 11.3 Å². The maximum atomic E-state index is 13.7. The van der Waals surface area contributed by atoms with Gasteiger partial charge >= 0.3 is 0 Å². The third-order valence-electron chi connectivity index (χ3n) is 2.57. The third kappa shape index (κ3) is 3.18. The molecule has 0 spiro atoms. The van der Waals surface area contributed by atoms with Gasteiger partial charge in [0.1, 0.15) is 5.82 Å². The zero-order chi connectivity index (χ0) is 13.7. The van der Waals surface area contributed by atoms with Gasteiger partial charge in [-0.15, -0.1) is 0 Å². The SMILES string of the molecule is CCCN(CCC)C(=O)c1cc(F)cc(N)c1F. The van der Waals surface area contributed by atoms with E-state index in [4.69, 9.17) is 5.73 Å². The zero-order valence-electron chi connectivity index (χ0n) is 10.7. The predicted molar refractivity (Wildman–Crippen MR) is 67.3 cm³/mol. The van der Waals surface area contributed by atoms with Crippen molar-refractivity contribution >= 4 is 11.6 Å². The van der Waals surface area contributed by atoms with Gasteiger partial charge < -0.3 is 10.6 Å². The largest absolute Gasteiger partial charge is 0.396 e. The number of nitrogen functional groups attached to an aromatic ring is 1. The number of nitrogens with zero attached hydrogens (tertiary/aromatic N) is 1. The lowest BCUT2D eigenvalue weighted by atomic mass is 10.1. The molecule has 3 nitrogen and oxygen atoms in total. The summed E-state index contributed by atoms with van der Waals surface area (Å²) < 4.78 is 26.9. The van der Waals surface area contributed by atoms with E-state index in [0.29, 0.717) is 13.1 Å². The molecule has 1 rings (SSSR count). The van der Waals surface area contributed by atoms with Crippen molar-refractivity contribution in [1.82, 2.24) is 4.90 Å². The van der Waals surface area contributed by atoms with Crippen LogP contribution in [0.5, 0.6) is 0 Å². The molecule has 18 heavy (non-hydrogen) atoms. The lowest BCUT2D eigenvalue weighted by Gasteiger charge is -2.22. The Kier molecular flexibility index (Phi) is 5.07. The van der Waals surface area contributed by atoms with Crippen LogP contribution in [0.2, 0.25) is 0 Å². The first-order valence-electron chi connectivity index (χ1n) is 6.05. The molecule has 0 atom stereocenters. The minimum atomic E-state index is -0.849. The Balaban J connectivity index is 3.07. The standard InChI is InChI=1S/C13H18F2N2O/c1-3-5-17(6-4-2)13(18)10-7-9(14)8-11(16)12(10)15/h7-8H,3-6,16H2,1-2H3. The van der Waals surface area contributed by atoms with Crippen molar-refractivity contribution < 1.29 is 13.6 Å². The van der Waals surface area contributed by atoms with Crippen LogP contribution in [0.15, 0.2) is 12.1 Å². The Morgan fingerprint density at radius 3 is 2.28 bits per heavy atom. The molecule has 0 aliphatic carbocycles. The molecule has 100 valence electrons. The summed E-state index contributed by atoms with van der Waals surface area (Å²) in [6.45, 7) is 4.88. The molecule has 0 bridgehead atoms. The monoisotopic (exact) mass is 256 g/mol. The number of anilines is 1. The first-order chi connectivity index (χ1) is 8.51. The first kappa shape index (κ1) is 14.4. The van der Waals surface area contributed by atoms with Crippen LogP contribution in [-0.2, 0) is 0 Å². The summed E-state index contributed by atoms with van der Waals surface area (Å²) in [6.07, 6.45) is 1.52. The number of hydrogen-bond donors (Lipinski definition) is 1. The van der Waals surface area contributed by atoms with E-state index >= 15 is 0 Å². The second-order valence-electron chi connectivity index (χ2n) is 4.15. The van der Waals surface area contributed by atoms with E-state index in [1.165, 1.54) is 4.90 Å². The van der Waals surface area contributed by atoms with E-state index in [1.54, 1.807) is 0 Å². The molecular formula is C13H18F2N2O. The molecule has 1 amide bonds. The van der Waals surface area contributed by atoms with Crippen molar-refractivity contribution in [2.75, 3.05) is 18.8 Å². The maximum absolute atomic E-state index is 13.7. The summed E-state index contributed by atoms with van der Waals surface area (Å²) in [6, 6.07) is 1.77. The van der Waals surface area contributed by atoms with Crippen LogP contribution < -0.4 is 5.73 Å². The van der Waals surface area contributed by atoms with Crippen molar-refractivity contribution in [3.05, 3.63) is 29.3 Å². The topological polar surface area (TPSA) is 46.3 Å². The molecule has 0 aromatic heterocycles. The molecule has 0 aliphatic rings. The number of hydrogen-bond acceptors (Lipinski definition) is 2. The molecular weight excluding hydrogens is 238 g/mol. The van der Waals surface area contributed by atoms with E-state index in [9.17, 15) is 13.6 Å². The lowest BCUT2D eigenvalue weighted by molar-refractivity contribution is 0.0750. The number of carbonyl (C=O) groups excluding carboxylic acids is 1. The molecule has 0 heterocycles. The number of halogens is 2. The Hall–Kier alpha value is -1.65. The molecule has 2 N–H and O–H groups in total. The molecule has 0 unspecified atom stereocenters. The van der Waals surface area contributed by atoms with Gasteiger partial charge in [-0.05, 0) is 25.0 Å². The Bertz CT molecular complexity index is 429. The third-order valence-corrected chi connectivity index (χ3v) is 2.57. The fraction of sp³-hybridized carbons (Fsp3) is 0.462. The van der Waals surface area contributed by atoms with Gasteiger partial charge in [0.15, 0.2) is 5.82 Å². The van der Waals surface area contributed by atoms with Crippen LogP contribution in [0.1, 0.15) is 37.0 Å². The van der Waals surface area contributed by atoms with Gasteiger partial charge in [0.25, 0.3) is 5.91 Å². The smallest absolute Gasteiger partial charge is 0.257 e. The van der Waals surface area contributed by atoms with Crippen molar-refractivity contribution in [2.24, 2.45) is 0 Å². The highest BCUT2D eigenvalue weighted by molar-refractivity contribution is 5.95. The molecule has 1 aromatic rings. The summed E-state index contributed by atoms with van der Waals surface area (Å²) in [7, 11) is 0. The van der Waals surface area contributed by atoms with E-state index in [-0.39, 0.29) is 11.3 Å². The van der Waals surface area contributed by atoms with E-state index in [2.05, 4.69) is 0 Å². The number of rotatable bonds is 5. The summed E-state index contributed by atoms with van der Waals surface area (Å²) >= 11 is 0. The van der Waals surface area contributed by atoms with E-state index < -0.39 is 17.5 Å². The highest BCUT2D eigenvalue weighted by atomic mass is 19.1. The average Bonchev–Trinajstić information content (AvgIpc) is 2.32. The molecule has 0 radical (unpaired) electrons. The highest BCUT2D eigenvalue weighted by Gasteiger charge is 2.20. The van der Waals surface area contributed by atoms with Gasteiger partial charge in [0, 0.05) is 13.1 Å². The van der Waals surface area contributed by atoms with Gasteiger partial charge in [0.2, 0.25) is 0 Å². The van der Waals surface area contributed by atoms with Crippen LogP contribution >= 0.6 is 0 Å². The number of benzene rings is 1. The van der Waals surface area contributed by atoms with Gasteiger partial charge in [-0.25, -0.2) is 8.78 Å². The Morgan fingerprint density at radius 1 is 1.22 bits per heavy atom. The summed E-state index contributed by atoms with van der Waals surface area (Å²) in [5.74, 6) is -2.06. The van der Waals surface area contributed by atoms with Crippen LogP contribution in [0.4, 0.5) is 14.5 Å². The Morgan fingerprint density at radius 2 is 1.78 bits per heavy atom. The fourth-order valence-corrected chi connectivity index (χ4v) is 1.79. The summed E-state index contributed by atoms with van der Waals surface area (Å²) in [5, 5.41) is 0. The first-order valence-corrected chi connectivity index (χ1v) is 6.05. The van der Waals surface area contributed by atoms with Crippen LogP contribution in [0, 0.1) is 11.6 Å². The minimum Gasteiger partial charge on any atom is -0.396 e.